The molecule has 0 N–H and O–H groups in total. The van der Waals surface area contributed by atoms with Gasteiger partial charge in [0, 0.05) is 22.3 Å². The van der Waals surface area contributed by atoms with E-state index in [1.54, 1.807) is 0 Å². The van der Waals surface area contributed by atoms with E-state index in [-0.39, 0.29) is 0 Å². The Kier molecular flexibility index (Phi) is 53.0. The Morgan fingerprint density at radius 1 is 0.235 bits per heavy atom. The van der Waals surface area contributed by atoms with E-state index in [1.165, 1.54) is 308 Å². The van der Waals surface area contributed by atoms with Crippen molar-refractivity contribution in [2.24, 2.45) is 20.0 Å². The zero-order valence-electron chi connectivity index (χ0n) is 74.5. The van der Waals surface area contributed by atoms with Crippen LogP contribution in [0.5, 0.6) is 34.5 Å². The summed E-state index contributed by atoms with van der Waals surface area (Å²) in [6.07, 6.45) is 77.6. The van der Waals surface area contributed by atoms with Gasteiger partial charge >= 0.3 is 0 Å². The second-order valence-electron chi connectivity index (χ2n) is 33.9. The molecule has 11 nitrogen and oxygen atoms in total. The first kappa shape index (κ1) is 95.8. The minimum Gasteiger partial charge on any atom is -0.490 e. The van der Waals surface area contributed by atoms with Crippen LogP contribution in [-0.2, 0) is 0 Å². The second-order valence-corrected chi connectivity index (χ2v) is 33.9. The van der Waals surface area contributed by atoms with Crippen molar-refractivity contribution in [3.8, 4) is 34.5 Å². The lowest BCUT2D eigenvalue weighted by Crippen LogP contribution is -2.44. The van der Waals surface area contributed by atoms with Gasteiger partial charge in [0.2, 0.25) is 17.5 Å². The molecule has 3 aliphatic heterocycles. The third-order valence-corrected chi connectivity index (χ3v) is 23.5. The highest BCUT2D eigenvalue weighted by Crippen LogP contribution is 2.45. The summed E-state index contributed by atoms with van der Waals surface area (Å²) in [7, 11) is 0. The normalized spacial score (nSPS) is 13.2. The molecule has 0 aliphatic carbocycles. The van der Waals surface area contributed by atoms with Gasteiger partial charge in [-0.1, -0.05) is 449 Å². The van der Waals surface area contributed by atoms with Gasteiger partial charge < -0.3 is 28.4 Å². The van der Waals surface area contributed by atoms with Crippen LogP contribution in [0.4, 0.5) is 0 Å². The number of ether oxygens (including phenoxy) is 6. The summed E-state index contributed by atoms with van der Waals surface area (Å²) in [6, 6.07) is 29.8. The fourth-order valence-corrected chi connectivity index (χ4v) is 16.2. The van der Waals surface area contributed by atoms with Crippen molar-refractivity contribution >= 4 is 34.6 Å². The van der Waals surface area contributed by atoms with Gasteiger partial charge in [0.25, 0.3) is 0 Å². The molecule has 0 fully saturated rings. The van der Waals surface area contributed by atoms with Crippen LogP contribution in [0.25, 0.3) is 11.1 Å². The molecule has 4 aromatic carbocycles. The van der Waals surface area contributed by atoms with E-state index in [0.717, 1.165) is 110 Å². The fraction of sp³-hybridized carbons (Fsp3) is 0.692. The molecule has 3 aliphatic rings. The number of nitrogens with zero attached hydrogens (tertiary/aromatic N) is 5. The first-order valence-electron chi connectivity index (χ1n) is 48.9. The zero-order valence-corrected chi connectivity index (χ0v) is 74.5. The number of amidine groups is 3. The van der Waals surface area contributed by atoms with E-state index in [2.05, 4.69) is 137 Å². The number of guanidine groups is 1. The van der Waals surface area contributed by atoms with Crippen molar-refractivity contribution in [1.29, 1.82) is 0 Å². The summed E-state index contributed by atoms with van der Waals surface area (Å²) in [4.78, 5) is 24.8. The monoisotopic (exact) mass is 1580 g/mol. The van der Waals surface area contributed by atoms with E-state index < -0.39 is 0 Å². The quantitative estimate of drug-likeness (QED) is 0.0405. The molecular formula is C104H165N5O6. The summed E-state index contributed by atoms with van der Waals surface area (Å²) in [6.45, 7) is 17.3. The molecule has 0 saturated carbocycles. The maximum absolute atomic E-state index is 7.07. The summed E-state index contributed by atoms with van der Waals surface area (Å²) in [5, 5.41) is 0. The predicted octanol–water partition coefficient (Wildman–Crippen LogP) is 32.2. The molecule has 0 radical (unpaired) electrons. The molecule has 642 valence electrons. The molecule has 0 spiro atoms. The van der Waals surface area contributed by atoms with E-state index >= 15 is 0 Å². The highest BCUT2D eigenvalue weighted by Gasteiger charge is 2.39. The Labute approximate surface area is 703 Å². The number of unbranched alkanes of at least 4 members (excludes halogenated alkanes) is 54. The van der Waals surface area contributed by atoms with E-state index in [1.807, 2.05) is 0 Å². The molecule has 4 aromatic rings. The van der Waals surface area contributed by atoms with Crippen LogP contribution in [0.1, 0.15) is 449 Å². The van der Waals surface area contributed by atoms with E-state index in [0.29, 0.717) is 103 Å². The molecular weight excluding hydrogens is 1420 g/mol. The Bertz CT molecular complexity index is 3240. The van der Waals surface area contributed by atoms with Gasteiger partial charge in [0.05, 0.1) is 39.6 Å². The average Bonchev–Trinajstić information content (AvgIpc) is 0.725. The van der Waals surface area contributed by atoms with Gasteiger partial charge in [-0.2, -0.15) is 9.98 Å². The minimum atomic E-state index is 0.471. The number of hydrogen-bond acceptors (Lipinski definition) is 11. The van der Waals surface area contributed by atoms with Crippen LogP contribution >= 0.6 is 0 Å². The van der Waals surface area contributed by atoms with E-state index in [4.69, 9.17) is 48.4 Å². The second kappa shape index (κ2) is 63.7. The molecule has 11 heteroatoms. The molecule has 0 aromatic heterocycles. The average molecular weight is 1580 g/mol. The van der Waals surface area contributed by atoms with Gasteiger partial charge in [0.15, 0.2) is 46.3 Å². The lowest BCUT2D eigenvalue weighted by molar-refractivity contribution is 0.234. The number of aliphatic imine (C=N–C) groups is 4. The maximum atomic E-state index is 7.07. The van der Waals surface area contributed by atoms with Crippen LogP contribution in [0, 0.1) is 0 Å². The van der Waals surface area contributed by atoms with Gasteiger partial charge in [-0.05, 0) is 80.0 Å². The molecule has 0 saturated heterocycles. The van der Waals surface area contributed by atoms with Crippen LogP contribution in [0.2, 0.25) is 0 Å². The van der Waals surface area contributed by atoms with Crippen molar-refractivity contribution in [1.82, 2.24) is 4.90 Å². The van der Waals surface area contributed by atoms with Crippen LogP contribution in [0.3, 0.4) is 0 Å². The minimum absolute atomic E-state index is 0.471. The highest BCUT2D eigenvalue weighted by molar-refractivity contribution is 6.37. The third kappa shape index (κ3) is 38.9. The van der Waals surface area contributed by atoms with Crippen molar-refractivity contribution in [2.45, 2.75) is 427 Å². The largest absolute Gasteiger partial charge is 0.490 e. The summed E-state index contributed by atoms with van der Waals surface area (Å²) in [5.41, 5.74) is 5.51. The first-order valence-corrected chi connectivity index (χ1v) is 48.9. The SMILES string of the molecule is CCCCCCCCCCCCOc1cc(C2=NC3=NC(c4cc(OCCCCCCCCCCCC)c(OCCCCCCCCCCCC)c(OCCCCCCCCCCCC)c4)=NC4=C(c5ccccc5)C=C(c5ccccc5)C(=N2)N34)cc(OCCCCCCCCCCCC)c1OCCCCCCCCCCCC. The lowest BCUT2D eigenvalue weighted by Gasteiger charge is -2.36. The van der Waals surface area contributed by atoms with Gasteiger partial charge in [-0.15, -0.1) is 0 Å². The smallest absolute Gasteiger partial charge is 0.241 e. The van der Waals surface area contributed by atoms with Crippen LogP contribution in [0.15, 0.2) is 117 Å². The van der Waals surface area contributed by atoms with Crippen molar-refractivity contribution in [3.63, 3.8) is 0 Å². The van der Waals surface area contributed by atoms with Gasteiger partial charge in [-0.25, -0.2) is 14.9 Å². The molecule has 0 unspecified atom stereocenters. The number of benzene rings is 4. The third-order valence-electron chi connectivity index (χ3n) is 23.5. The van der Waals surface area contributed by atoms with E-state index in [9.17, 15) is 0 Å². The highest BCUT2D eigenvalue weighted by atomic mass is 16.5. The topological polar surface area (TPSA) is 108 Å². The zero-order chi connectivity index (χ0) is 80.7. The van der Waals surface area contributed by atoms with Crippen molar-refractivity contribution in [3.05, 3.63) is 119 Å². The molecule has 0 atom stereocenters. The fourth-order valence-electron chi connectivity index (χ4n) is 16.2. The Hall–Kier alpha value is -6.36. The number of allylic oxidation sites excluding steroid dienone is 2. The standard InChI is InChI=1S/C104H165N5O6/c1-7-13-19-25-31-37-43-49-55-67-77-110-94-83-90(84-95(111-78-68-56-50-44-38-32-26-20-14-8-2)98(94)114-81-71-59-53-47-41-35-29-23-17-11-5)100-105-102-92(88-73-63-61-64-74-88)87-93(89-75-65-62-66-76-89)103-106-101(108-104(107-100)109(102)103)91-85-96(112-79-69-57-51-45-39-33-27-21-15-9-3)99(115-82-72-60-54-48-42-36-30-24-18-12-6)97(86-91)113-80-70-58-52-46-40-34-28-22-16-10-4/h61-66,73-76,83-87H,7-60,67-72,77-82H2,1-6H3. The number of hydrogen-bond donors (Lipinski definition) is 0. The van der Waals surface area contributed by atoms with Gasteiger partial charge in [-0.3, -0.25) is 0 Å². The summed E-state index contributed by atoms with van der Waals surface area (Å²) < 4.78 is 42.3. The van der Waals surface area contributed by atoms with Crippen molar-refractivity contribution in [2.75, 3.05) is 39.6 Å². The Balaban J connectivity index is 1.31. The molecule has 0 bridgehead atoms. The maximum Gasteiger partial charge on any atom is 0.241 e. The summed E-state index contributed by atoms with van der Waals surface area (Å²) in [5.74, 6) is 6.98. The van der Waals surface area contributed by atoms with Crippen LogP contribution < -0.4 is 28.4 Å². The number of rotatable bonds is 76. The Morgan fingerprint density at radius 2 is 0.478 bits per heavy atom. The lowest BCUT2D eigenvalue weighted by atomic mass is 9.93. The molecule has 0 amide bonds. The molecule has 3 heterocycles. The predicted molar refractivity (Wildman–Crippen MR) is 494 cm³/mol. The Morgan fingerprint density at radius 3 is 0.757 bits per heavy atom. The molecule has 115 heavy (non-hydrogen) atoms. The summed E-state index contributed by atoms with van der Waals surface area (Å²) >= 11 is 0. The van der Waals surface area contributed by atoms with Crippen molar-refractivity contribution < 1.29 is 28.4 Å². The van der Waals surface area contributed by atoms with Crippen LogP contribution in [-0.4, -0.2) is 68.0 Å². The first-order chi connectivity index (χ1) is 57.0. The van der Waals surface area contributed by atoms with Gasteiger partial charge in [0.1, 0.15) is 0 Å². The molecule has 7 rings (SSSR count).